The normalized spacial score (nSPS) is 11.4. The van der Waals surface area contributed by atoms with Crippen molar-refractivity contribution in [1.82, 2.24) is 4.90 Å². The highest BCUT2D eigenvalue weighted by molar-refractivity contribution is 5.95. The summed E-state index contributed by atoms with van der Waals surface area (Å²) in [5.41, 5.74) is 11.3. The van der Waals surface area contributed by atoms with E-state index in [2.05, 4.69) is 9.73 Å². The molecule has 15 nitrogen and oxygen atoms in total. The maximum Gasteiger partial charge on any atom is 0.491 e. The number of ether oxygens (including phenoxy) is 3. The first-order valence-corrected chi connectivity index (χ1v) is 11.3. The van der Waals surface area contributed by atoms with Crippen molar-refractivity contribution >= 4 is 47.6 Å². The van der Waals surface area contributed by atoms with Crippen LogP contribution in [0.1, 0.15) is 22.3 Å². The molecule has 0 bridgehead atoms. The quantitative estimate of drug-likeness (QED) is 0.0939. The number of hydrogen-bond acceptors (Lipinski definition) is 10. The largest absolute Gasteiger partial charge is 0.491 e. The summed E-state index contributed by atoms with van der Waals surface area (Å²) in [5.74, 6) is -9.63. The molecule has 2 aromatic rings. The van der Waals surface area contributed by atoms with Gasteiger partial charge in [-0.3, -0.25) is 14.5 Å². The zero-order valence-electron chi connectivity index (χ0n) is 21.1. The molecule has 18 heteroatoms. The number of nitrogens with zero attached hydrogens (tertiary/aromatic N) is 2. The first-order valence-electron chi connectivity index (χ1n) is 11.3. The van der Waals surface area contributed by atoms with E-state index in [0.29, 0.717) is 5.69 Å². The average Bonchev–Trinajstić information content (AvgIpc) is 2.89. The number of carboxylic acids is 2. The zero-order chi connectivity index (χ0) is 31.6. The van der Waals surface area contributed by atoms with Crippen molar-refractivity contribution in [3.8, 4) is 5.75 Å². The Labute approximate surface area is 233 Å². The van der Waals surface area contributed by atoms with Crippen LogP contribution < -0.4 is 16.2 Å². The Balaban J connectivity index is 2.10. The number of rotatable bonds is 11. The molecular weight excluding hydrogens is 577 g/mol. The van der Waals surface area contributed by atoms with Crippen LogP contribution >= 0.6 is 0 Å². The van der Waals surface area contributed by atoms with E-state index < -0.39 is 67.7 Å². The fraction of sp³-hybridized carbons (Fsp3) is 0.208. The highest BCUT2D eigenvalue weighted by Crippen LogP contribution is 2.20. The van der Waals surface area contributed by atoms with Gasteiger partial charge in [0, 0.05) is 0 Å². The van der Waals surface area contributed by atoms with Crippen molar-refractivity contribution in [3.05, 3.63) is 59.7 Å². The lowest BCUT2D eigenvalue weighted by molar-refractivity contribution is -0.203. The number of nitrogens with two attached hydrogens (primary N) is 2. The van der Waals surface area contributed by atoms with Crippen molar-refractivity contribution < 1.29 is 66.4 Å². The van der Waals surface area contributed by atoms with Gasteiger partial charge in [-0.15, -0.1) is 0 Å². The lowest BCUT2D eigenvalue weighted by Gasteiger charge is -2.27. The Morgan fingerprint density at radius 2 is 1.50 bits per heavy atom. The van der Waals surface area contributed by atoms with Gasteiger partial charge in [0.1, 0.15) is 24.9 Å². The highest BCUT2D eigenvalue weighted by atomic mass is 19.4. The van der Waals surface area contributed by atoms with E-state index in [1.807, 2.05) is 0 Å². The Morgan fingerprint density at radius 3 is 2.00 bits per heavy atom. The van der Waals surface area contributed by atoms with Gasteiger partial charge in [-0.25, -0.2) is 24.2 Å². The fourth-order valence-corrected chi connectivity index (χ4v) is 3.02. The molecule has 0 aliphatic carbocycles. The summed E-state index contributed by atoms with van der Waals surface area (Å²) in [6.45, 7) is -2.00. The van der Waals surface area contributed by atoms with E-state index in [-0.39, 0.29) is 27.7 Å². The number of halogens is 3. The van der Waals surface area contributed by atoms with E-state index in [9.17, 15) is 41.9 Å². The third-order valence-corrected chi connectivity index (χ3v) is 4.84. The SMILES string of the molecule is NC(N)=Nc1ccc(C(=O)Oc2ccc(COC(=O)N(CC(=O)O)[C@@H](CC(=O)O)C(=O)OC(=O)C(F)(F)F)cc2)cc1. The molecule has 0 radical (unpaired) electrons. The summed E-state index contributed by atoms with van der Waals surface area (Å²) in [4.78, 5) is 74.2. The maximum atomic E-state index is 12.6. The highest BCUT2D eigenvalue weighted by Gasteiger charge is 2.45. The molecule has 224 valence electrons. The fourth-order valence-electron chi connectivity index (χ4n) is 3.02. The summed E-state index contributed by atoms with van der Waals surface area (Å²) in [6.07, 6.45) is -8.68. The van der Waals surface area contributed by atoms with Crippen molar-refractivity contribution in [2.45, 2.75) is 25.2 Å². The molecule has 0 unspecified atom stereocenters. The number of benzene rings is 2. The number of hydrogen-bond donors (Lipinski definition) is 4. The minimum absolute atomic E-state index is 0.0168. The maximum absolute atomic E-state index is 12.6. The van der Waals surface area contributed by atoms with Crippen LogP contribution in [0.5, 0.6) is 5.75 Å². The van der Waals surface area contributed by atoms with Crippen LogP contribution in [-0.4, -0.2) is 75.8 Å². The molecule has 0 saturated carbocycles. The third-order valence-electron chi connectivity index (χ3n) is 4.84. The number of carbonyl (C=O) groups excluding carboxylic acids is 4. The summed E-state index contributed by atoms with van der Waals surface area (Å²) in [5, 5.41) is 18.1. The van der Waals surface area contributed by atoms with Gasteiger partial charge in [0.2, 0.25) is 0 Å². The van der Waals surface area contributed by atoms with E-state index in [1.165, 1.54) is 48.5 Å². The second-order valence-electron chi connectivity index (χ2n) is 8.01. The first-order chi connectivity index (χ1) is 19.6. The van der Waals surface area contributed by atoms with Crippen LogP contribution in [0.25, 0.3) is 0 Å². The van der Waals surface area contributed by atoms with E-state index >= 15 is 0 Å². The van der Waals surface area contributed by atoms with Crippen LogP contribution in [0.4, 0.5) is 23.7 Å². The number of aliphatic imine (C=N–C) groups is 1. The molecule has 0 aliphatic rings. The second kappa shape index (κ2) is 14.1. The molecule has 6 N–H and O–H groups in total. The van der Waals surface area contributed by atoms with E-state index in [1.54, 1.807) is 0 Å². The smallest absolute Gasteiger partial charge is 0.481 e. The monoisotopic (exact) mass is 598 g/mol. The van der Waals surface area contributed by atoms with Gasteiger partial charge in [0.15, 0.2) is 5.96 Å². The second-order valence-corrected chi connectivity index (χ2v) is 8.01. The molecule has 2 aromatic carbocycles. The van der Waals surface area contributed by atoms with Crippen molar-refractivity contribution in [1.29, 1.82) is 0 Å². The molecular formula is C24H21F3N4O11. The molecule has 0 fully saturated rings. The number of alkyl halides is 3. The molecule has 1 atom stereocenters. The predicted octanol–water partition coefficient (Wildman–Crippen LogP) is 1.31. The standard InChI is InChI=1S/C24H21F3N4O11/c25-24(26,27)21(38)42-20(37)16(9-17(32)33)31(10-18(34)35)23(39)40-11-12-1-7-15(8-2-12)41-19(36)13-3-5-14(6-4-13)30-22(28)29/h1-8,16H,9-11H2,(H,32,33)(H,34,35)(H4,28,29,30)/t16-/m0/s1. The number of guanidine groups is 1. The number of amides is 1. The summed E-state index contributed by atoms with van der Waals surface area (Å²) in [6, 6.07) is 8.54. The molecule has 1 amide bonds. The minimum Gasteiger partial charge on any atom is -0.481 e. The number of carbonyl (C=O) groups is 6. The topological polar surface area (TPSA) is 238 Å². The van der Waals surface area contributed by atoms with Gasteiger partial charge in [0.05, 0.1) is 17.7 Å². The van der Waals surface area contributed by atoms with E-state index in [4.69, 9.17) is 31.2 Å². The first kappa shape index (κ1) is 32.5. The summed E-state index contributed by atoms with van der Waals surface area (Å²) in [7, 11) is 0. The van der Waals surface area contributed by atoms with E-state index in [0.717, 1.165) is 0 Å². The molecule has 0 saturated heterocycles. The minimum atomic E-state index is -5.64. The lowest BCUT2D eigenvalue weighted by atomic mass is 10.2. The van der Waals surface area contributed by atoms with Crippen molar-refractivity contribution in [2.75, 3.05) is 6.54 Å². The molecule has 42 heavy (non-hydrogen) atoms. The van der Waals surface area contributed by atoms with Crippen LogP contribution in [0.2, 0.25) is 0 Å². The summed E-state index contributed by atoms with van der Waals surface area (Å²) < 4.78 is 51.1. The van der Waals surface area contributed by atoms with Crippen molar-refractivity contribution in [2.24, 2.45) is 16.5 Å². The number of aliphatic carboxylic acids is 2. The third kappa shape index (κ3) is 10.1. The summed E-state index contributed by atoms with van der Waals surface area (Å²) >= 11 is 0. The predicted molar refractivity (Wildman–Crippen MR) is 131 cm³/mol. The van der Waals surface area contributed by atoms with Crippen LogP contribution in [0.3, 0.4) is 0 Å². The van der Waals surface area contributed by atoms with Gasteiger partial charge in [-0.1, -0.05) is 12.1 Å². The zero-order valence-corrected chi connectivity index (χ0v) is 21.1. The van der Waals surface area contributed by atoms with Crippen LogP contribution in [0.15, 0.2) is 53.5 Å². The van der Waals surface area contributed by atoms with Crippen LogP contribution in [0, 0.1) is 0 Å². The number of esters is 3. The van der Waals surface area contributed by atoms with Gasteiger partial charge in [-0.05, 0) is 42.0 Å². The Morgan fingerprint density at radius 1 is 0.905 bits per heavy atom. The Kier molecular flexibility index (Phi) is 10.9. The number of carboxylic acid groups (broad SMARTS) is 2. The Bertz CT molecular complexity index is 1370. The molecule has 0 aromatic heterocycles. The van der Waals surface area contributed by atoms with Gasteiger partial charge in [0.25, 0.3) is 0 Å². The van der Waals surface area contributed by atoms with Crippen molar-refractivity contribution in [3.63, 3.8) is 0 Å². The molecule has 2 rings (SSSR count). The van der Waals surface area contributed by atoms with Gasteiger partial charge < -0.3 is 35.9 Å². The molecule has 0 heterocycles. The van der Waals surface area contributed by atoms with Crippen LogP contribution in [-0.2, 0) is 35.3 Å². The Hall–Kier alpha value is -5.68. The van der Waals surface area contributed by atoms with Gasteiger partial charge >= 0.3 is 42.1 Å². The molecule has 0 aliphatic heterocycles. The lowest BCUT2D eigenvalue weighted by Crippen LogP contribution is -2.50. The van der Waals surface area contributed by atoms with Gasteiger partial charge in [-0.2, -0.15) is 13.2 Å². The molecule has 0 spiro atoms. The average molecular weight is 598 g/mol.